The van der Waals surface area contributed by atoms with Crippen molar-refractivity contribution < 1.29 is 9.47 Å². The summed E-state index contributed by atoms with van der Waals surface area (Å²) in [5.74, 6) is -0.398. The fraction of sp³-hybridized carbons (Fsp3) is 1.00. The third-order valence-electron chi connectivity index (χ3n) is 3.45. The van der Waals surface area contributed by atoms with E-state index in [1.165, 1.54) is 25.9 Å². The number of hydrogen-bond acceptors (Lipinski definition) is 4. The summed E-state index contributed by atoms with van der Waals surface area (Å²) in [4.78, 5) is 2.38. The molecule has 4 nitrogen and oxygen atoms in total. The van der Waals surface area contributed by atoms with E-state index in [0.717, 1.165) is 13.2 Å². The molecule has 0 atom stereocenters. The predicted molar refractivity (Wildman–Crippen MR) is 63.4 cm³/mol. The van der Waals surface area contributed by atoms with E-state index in [1.54, 1.807) is 0 Å². The highest BCUT2D eigenvalue weighted by atomic mass is 16.7. The highest BCUT2D eigenvalue weighted by molar-refractivity contribution is 4.81. The third-order valence-corrected chi connectivity index (χ3v) is 3.45. The van der Waals surface area contributed by atoms with E-state index >= 15 is 0 Å². The first-order chi connectivity index (χ1) is 7.55. The molecule has 0 aromatic rings. The van der Waals surface area contributed by atoms with Crippen LogP contribution in [-0.4, -0.2) is 56.1 Å². The normalized spacial score (nSPS) is 29.4. The van der Waals surface area contributed by atoms with E-state index < -0.39 is 5.79 Å². The number of rotatable bonds is 2. The van der Waals surface area contributed by atoms with Crippen LogP contribution in [0.5, 0.6) is 0 Å². The zero-order chi connectivity index (χ0) is 11.6. The van der Waals surface area contributed by atoms with Gasteiger partial charge in [-0.15, -0.1) is 0 Å². The van der Waals surface area contributed by atoms with Gasteiger partial charge in [-0.1, -0.05) is 0 Å². The Morgan fingerprint density at radius 2 is 1.62 bits per heavy atom. The van der Waals surface area contributed by atoms with Crippen molar-refractivity contribution in [1.82, 2.24) is 10.2 Å². The van der Waals surface area contributed by atoms with Gasteiger partial charge in [0, 0.05) is 6.04 Å². The van der Waals surface area contributed by atoms with Gasteiger partial charge in [-0.05, 0) is 46.8 Å². The number of ether oxygens (including phenoxy) is 2. The zero-order valence-corrected chi connectivity index (χ0v) is 10.7. The maximum absolute atomic E-state index is 5.65. The van der Waals surface area contributed by atoms with Gasteiger partial charge < -0.3 is 19.7 Å². The Balaban J connectivity index is 1.71. The Bertz CT molecular complexity index is 215. The highest BCUT2D eigenvalue weighted by Crippen LogP contribution is 2.18. The lowest BCUT2D eigenvalue weighted by Crippen LogP contribution is -2.53. The smallest absolute Gasteiger partial charge is 0.162 e. The van der Waals surface area contributed by atoms with Crippen LogP contribution in [0.1, 0.15) is 26.7 Å². The van der Waals surface area contributed by atoms with Crippen LogP contribution in [-0.2, 0) is 9.47 Å². The van der Waals surface area contributed by atoms with E-state index in [9.17, 15) is 0 Å². The largest absolute Gasteiger partial charge is 0.349 e. The molecule has 2 aliphatic rings. The van der Waals surface area contributed by atoms with Crippen LogP contribution in [0.2, 0.25) is 0 Å². The van der Waals surface area contributed by atoms with Crippen LogP contribution >= 0.6 is 0 Å². The summed E-state index contributed by atoms with van der Waals surface area (Å²) >= 11 is 0. The molecule has 2 rings (SSSR count). The fourth-order valence-corrected chi connectivity index (χ4v) is 2.30. The molecule has 0 saturated carbocycles. The van der Waals surface area contributed by atoms with Gasteiger partial charge >= 0.3 is 0 Å². The van der Waals surface area contributed by atoms with Crippen molar-refractivity contribution in [2.24, 2.45) is 0 Å². The summed E-state index contributed by atoms with van der Waals surface area (Å²) in [5, 5.41) is 3.64. The van der Waals surface area contributed by atoms with Crippen molar-refractivity contribution in [2.75, 3.05) is 33.4 Å². The second-order valence-electron chi connectivity index (χ2n) is 5.46. The van der Waals surface area contributed by atoms with E-state index in [-0.39, 0.29) is 0 Å². The van der Waals surface area contributed by atoms with Crippen molar-refractivity contribution in [3.63, 3.8) is 0 Å². The van der Waals surface area contributed by atoms with E-state index in [1.807, 2.05) is 13.8 Å². The minimum Gasteiger partial charge on any atom is -0.349 e. The van der Waals surface area contributed by atoms with Gasteiger partial charge in [-0.25, -0.2) is 0 Å². The van der Waals surface area contributed by atoms with Crippen molar-refractivity contribution in [1.29, 1.82) is 0 Å². The molecule has 0 amide bonds. The van der Waals surface area contributed by atoms with Gasteiger partial charge in [0.2, 0.25) is 0 Å². The van der Waals surface area contributed by atoms with Crippen LogP contribution in [0.25, 0.3) is 0 Å². The first-order valence-electron chi connectivity index (χ1n) is 6.28. The second-order valence-corrected chi connectivity index (χ2v) is 5.46. The molecule has 4 heteroatoms. The number of likely N-dealkylation sites (tertiary alicyclic amines) is 1. The molecule has 0 unspecified atom stereocenters. The first-order valence-corrected chi connectivity index (χ1v) is 6.28. The molecule has 0 aliphatic carbocycles. The van der Waals surface area contributed by atoms with Crippen molar-refractivity contribution >= 4 is 0 Å². The molecular formula is C12H24N2O2. The average Bonchev–Trinajstić information content (AvgIpc) is 2.24. The van der Waals surface area contributed by atoms with Crippen molar-refractivity contribution in [3.8, 4) is 0 Å². The molecular weight excluding hydrogens is 204 g/mol. The molecule has 2 heterocycles. The standard InChI is InChI=1S/C12H24N2O2/c1-12(2)15-8-11(9-16-12)13-10-4-6-14(3)7-5-10/h10-11,13H,4-9H2,1-3H3. The van der Waals surface area contributed by atoms with Gasteiger partial charge in [0.15, 0.2) is 5.79 Å². The maximum atomic E-state index is 5.65. The first kappa shape index (κ1) is 12.3. The molecule has 16 heavy (non-hydrogen) atoms. The van der Waals surface area contributed by atoms with Gasteiger partial charge in [0.1, 0.15) is 0 Å². The zero-order valence-electron chi connectivity index (χ0n) is 10.7. The maximum Gasteiger partial charge on any atom is 0.162 e. The van der Waals surface area contributed by atoms with Gasteiger partial charge in [0.05, 0.1) is 19.3 Å². The summed E-state index contributed by atoms with van der Waals surface area (Å²) in [7, 11) is 2.19. The summed E-state index contributed by atoms with van der Waals surface area (Å²) in [6.07, 6.45) is 2.47. The molecule has 0 radical (unpaired) electrons. The number of hydrogen-bond donors (Lipinski definition) is 1. The third kappa shape index (κ3) is 3.42. The molecule has 0 bridgehead atoms. The van der Waals surface area contributed by atoms with E-state index in [2.05, 4.69) is 17.3 Å². The molecule has 0 aromatic carbocycles. The lowest BCUT2D eigenvalue weighted by atomic mass is 10.0. The Labute approximate surface area is 98.3 Å². The predicted octanol–water partition coefficient (Wildman–Crippen LogP) is 0.822. The molecule has 2 fully saturated rings. The van der Waals surface area contributed by atoms with Crippen LogP contribution in [0.4, 0.5) is 0 Å². The molecule has 2 aliphatic heterocycles. The molecule has 94 valence electrons. The summed E-state index contributed by atoms with van der Waals surface area (Å²) < 4.78 is 11.3. The Hall–Kier alpha value is -0.160. The Kier molecular flexibility index (Phi) is 3.85. The van der Waals surface area contributed by atoms with Gasteiger partial charge in [-0.2, -0.15) is 0 Å². The topological polar surface area (TPSA) is 33.7 Å². The molecule has 0 aromatic heterocycles. The summed E-state index contributed by atoms with van der Waals surface area (Å²) in [6, 6.07) is 0.996. The van der Waals surface area contributed by atoms with E-state index in [0.29, 0.717) is 12.1 Å². The van der Waals surface area contributed by atoms with Gasteiger partial charge in [-0.3, -0.25) is 0 Å². The fourth-order valence-electron chi connectivity index (χ4n) is 2.30. The van der Waals surface area contributed by atoms with Crippen LogP contribution < -0.4 is 5.32 Å². The monoisotopic (exact) mass is 228 g/mol. The Morgan fingerprint density at radius 3 is 2.19 bits per heavy atom. The number of piperidine rings is 1. The van der Waals surface area contributed by atoms with Crippen molar-refractivity contribution in [2.45, 2.75) is 44.6 Å². The summed E-state index contributed by atoms with van der Waals surface area (Å²) in [6.45, 7) is 7.85. The van der Waals surface area contributed by atoms with Crippen LogP contribution in [0.15, 0.2) is 0 Å². The van der Waals surface area contributed by atoms with Gasteiger partial charge in [0.25, 0.3) is 0 Å². The lowest BCUT2D eigenvalue weighted by Gasteiger charge is -2.38. The number of nitrogens with one attached hydrogen (secondary N) is 1. The number of nitrogens with zero attached hydrogens (tertiary/aromatic N) is 1. The Morgan fingerprint density at radius 1 is 1.06 bits per heavy atom. The quantitative estimate of drug-likeness (QED) is 0.759. The highest BCUT2D eigenvalue weighted by Gasteiger charge is 2.29. The SMILES string of the molecule is CN1CCC(NC2COC(C)(C)OC2)CC1. The lowest BCUT2D eigenvalue weighted by molar-refractivity contribution is -0.253. The minimum atomic E-state index is -0.398. The molecule has 1 N–H and O–H groups in total. The van der Waals surface area contributed by atoms with Crippen LogP contribution in [0, 0.1) is 0 Å². The van der Waals surface area contributed by atoms with Crippen molar-refractivity contribution in [3.05, 3.63) is 0 Å². The summed E-state index contributed by atoms with van der Waals surface area (Å²) in [5.41, 5.74) is 0. The minimum absolute atomic E-state index is 0.362. The van der Waals surface area contributed by atoms with E-state index in [4.69, 9.17) is 9.47 Å². The second kappa shape index (κ2) is 5.00. The molecule has 2 saturated heterocycles. The van der Waals surface area contributed by atoms with Crippen LogP contribution in [0.3, 0.4) is 0 Å². The average molecular weight is 228 g/mol. The molecule has 0 spiro atoms.